The minimum absolute atomic E-state index is 0.152. The molecular formula is C16H20Br2F2. The number of alkyl halides is 2. The summed E-state index contributed by atoms with van der Waals surface area (Å²) in [5.41, 5.74) is 0. The Balaban J connectivity index is 1.61. The van der Waals surface area contributed by atoms with Crippen LogP contribution in [-0.2, 0) is 0 Å². The molecule has 4 fully saturated rings. The van der Waals surface area contributed by atoms with Gasteiger partial charge in [0.05, 0.1) is 0 Å². The molecule has 4 saturated carbocycles. The van der Waals surface area contributed by atoms with Gasteiger partial charge in [0.25, 0.3) is 0 Å². The van der Waals surface area contributed by atoms with E-state index < -0.39 is 11.7 Å². The van der Waals surface area contributed by atoms with E-state index in [1.807, 2.05) is 0 Å². The fraction of sp³-hybridized carbons (Fsp3) is 0.875. The molecular weight excluding hydrogens is 390 g/mol. The molecule has 4 rings (SSSR count). The molecule has 4 heteroatoms. The number of halogens is 4. The molecule has 0 unspecified atom stereocenters. The normalized spacial score (nSPS) is 54.6. The van der Waals surface area contributed by atoms with Crippen molar-refractivity contribution in [3.05, 3.63) is 11.7 Å². The zero-order chi connectivity index (χ0) is 14.0. The summed E-state index contributed by atoms with van der Waals surface area (Å²) in [6, 6.07) is 0. The summed E-state index contributed by atoms with van der Waals surface area (Å²) in [5.74, 6) is 0.610. The molecule has 4 aliphatic rings. The summed E-state index contributed by atoms with van der Waals surface area (Å²) in [6.07, 6.45) is 6.67. The smallest absolute Gasteiger partial charge is 0.136 e. The number of allylic oxidation sites excluding steroid dienone is 2. The maximum Gasteiger partial charge on any atom is 0.136 e. The van der Waals surface area contributed by atoms with Gasteiger partial charge in [0.15, 0.2) is 0 Å². The van der Waals surface area contributed by atoms with Gasteiger partial charge in [-0.25, -0.2) is 8.78 Å². The van der Waals surface area contributed by atoms with Gasteiger partial charge >= 0.3 is 0 Å². The second kappa shape index (κ2) is 5.04. The van der Waals surface area contributed by atoms with Crippen LogP contribution < -0.4 is 0 Å². The Morgan fingerprint density at radius 2 is 1.00 bits per heavy atom. The molecule has 0 aliphatic heterocycles. The molecule has 0 aromatic carbocycles. The molecule has 0 radical (unpaired) electrons. The van der Waals surface area contributed by atoms with Crippen LogP contribution in [0.3, 0.4) is 0 Å². The van der Waals surface area contributed by atoms with Crippen molar-refractivity contribution in [3.63, 3.8) is 0 Å². The summed E-state index contributed by atoms with van der Waals surface area (Å²) >= 11 is 7.29. The maximum absolute atomic E-state index is 14.8. The van der Waals surface area contributed by atoms with Crippen LogP contribution >= 0.6 is 31.9 Å². The second-order valence-electron chi connectivity index (χ2n) is 7.30. The van der Waals surface area contributed by atoms with Gasteiger partial charge in [-0.05, 0) is 62.2 Å². The highest BCUT2D eigenvalue weighted by Gasteiger charge is 2.53. The molecule has 0 aromatic heterocycles. The third-order valence-corrected chi connectivity index (χ3v) is 9.08. The van der Waals surface area contributed by atoms with E-state index in [-0.39, 0.29) is 21.5 Å². The molecule has 0 heterocycles. The summed E-state index contributed by atoms with van der Waals surface area (Å²) in [5, 5.41) is 0. The first-order chi connectivity index (χ1) is 9.58. The van der Waals surface area contributed by atoms with E-state index in [2.05, 4.69) is 31.9 Å². The van der Waals surface area contributed by atoms with Crippen LogP contribution in [0.5, 0.6) is 0 Å². The third kappa shape index (κ3) is 1.92. The maximum atomic E-state index is 14.8. The molecule has 20 heavy (non-hydrogen) atoms. The lowest BCUT2D eigenvalue weighted by atomic mass is 9.82. The van der Waals surface area contributed by atoms with Gasteiger partial charge in [0.2, 0.25) is 0 Å². The topological polar surface area (TPSA) is 0 Å². The first kappa shape index (κ1) is 14.2. The number of hydrogen-bond donors (Lipinski definition) is 0. The van der Waals surface area contributed by atoms with Crippen LogP contribution in [0.4, 0.5) is 8.78 Å². The van der Waals surface area contributed by atoms with Gasteiger partial charge < -0.3 is 0 Å². The van der Waals surface area contributed by atoms with Crippen molar-refractivity contribution in [2.45, 2.75) is 48.2 Å². The zero-order valence-corrected chi connectivity index (χ0v) is 14.5. The predicted molar refractivity (Wildman–Crippen MR) is 83.3 cm³/mol. The fourth-order valence-electron chi connectivity index (χ4n) is 5.45. The zero-order valence-electron chi connectivity index (χ0n) is 11.4. The van der Waals surface area contributed by atoms with Crippen LogP contribution in [0.1, 0.15) is 38.5 Å². The molecule has 0 saturated heterocycles. The Kier molecular flexibility index (Phi) is 3.57. The van der Waals surface area contributed by atoms with Crippen LogP contribution in [0.25, 0.3) is 0 Å². The van der Waals surface area contributed by atoms with Crippen molar-refractivity contribution >= 4 is 31.9 Å². The lowest BCUT2D eigenvalue weighted by Crippen LogP contribution is -2.27. The molecule has 0 N–H and O–H groups in total. The summed E-state index contributed by atoms with van der Waals surface area (Å²) in [6.45, 7) is 0. The standard InChI is InChI=1S/C16H20Br2F2/c17-13-9-3-1-7(5-9)11(13)15(19)16(20)12-8-2-4-10(6-8)14(12)18/h7-14H,1-6H2/b16-15+/t7-,8+,9+,10-,11+,12-,13+,14-. The molecule has 0 nitrogen and oxygen atoms in total. The van der Waals surface area contributed by atoms with Crippen LogP contribution in [0, 0.1) is 35.5 Å². The van der Waals surface area contributed by atoms with Crippen molar-refractivity contribution in [1.29, 1.82) is 0 Å². The Bertz CT molecular complexity index is 406. The first-order valence-corrected chi connectivity index (χ1v) is 9.74. The van der Waals surface area contributed by atoms with E-state index >= 15 is 0 Å². The fourth-order valence-corrected chi connectivity index (χ4v) is 7.74. The Hall–Kier alpha value is 0.560. The quantitative estimate of drug-likeness (QED) is 0.509. The molecule has 8 atom stereocenters. The van der Waals surface area contributed by atoms with Crippen LogP contribution in [-0.4, -0.2) is 9.65 Å². The van der Waals surface area contributed by atoms with Crippen molar-refractivity contribution in [2.75, 3.05) is 0 Å². The van der Waals surface area contributed by atoms with E-state index in [0.29, 0.717) is 23.7 Å². The average molecular weight is 410 g/mol. The highest BCUT2D eigenvalue weighted by atomic mass is 79.9. The van der Waals surface area contributed by atoms with Gasteiger partial charge in [-0.1, -0.05) is 31.9 Å². The summed E-state index contributed by atoms with van der Waals surface area (Å²) in [7, 11) is 0. The van der Waals surface area contributed by atoms with E-state index in [9.17, 15) is 8.78 Å². The highest BCUT2D eigenvalue weighted by Crippen LogP contribution is 2.58. The minimum atomic E-state index is -0.416. The number of rotatable bonds is 2. The first-order valence-electron chi connectivity index (χ1n) is 7.91. The Morgan fingerprint density at radius 3 is 1.30 bits per heavy atom. The Labute approximate surface area is 136 Å². The number of fused-ring (bicyclic) bond motifs is 4. The molecule has 4 bridgehead atoms. The molecule has 0 spiro atoms. The lowest BCUT2D eigenvalue weighted by Gasteiger charge is -2.30. The van der Waals surface area contributed by atoms with E-state index in [1.165, 1.54) is 12.8 Å². The van der Waals surface area contributed by atoms with Gasteiger partial charge in [-0.2, -0.15) is 0 Å². The lowest BCUT2D eigenvalue weighted by molar-refractivity contribution is 0.279. The van der Waals surface area contributed by atoms with Gasteiger partial charge in [0, 0.05) is 21.5 Å². The average Bonchev–Trinajstić information content (AvgIpc) is 3.16. The summed E-state index contributed by atoms with van der Waals surface area (Å²) in [4.78, 5) is 0.304. The van der Waals surface area contributed by atoms with Crippen molar-refractivity contribution in [1.82, 2.24) is 0 Å². The highest BCUT2D eigenvalue weighted by molar-refractivity contribution is 9.09. The van der Waals surface area contributed by atoms with Crippen molar-refractivity contribution < 1.29 is 8.78 Å². The largest absolute Gasteiger partial charge is 0.209 e. The van der Waals surface area contributed by atoms with E-state index in [1.54, 1.807) is 0 Å². The SMILES string of the molecule is F/C(=C(/F)[C@H]1[C@@H]2CC[C@@H](C2)[C@@H]1Br)[C@@H]1[C@H]2CC[C@H](C2)[C@H]1Br. The molecule has 4 aliphatic carbocycles. The Morgan fingerprint density at radius 1 is 0.650 bits per heavy atom. The van der Waals surface area contributed by atoms with Crippen LogP contribution in [0.15, 0.2) is 11.7 Å². The minimum Gasteiger partial charge on any atom is -0.209 e. The monoisotopic (exact) mass is 408 g/mol. The van der Waals surface area contributed by atoms with Crippen molar-refractivity contribution in [2.24, 2.45) is 35.5 Å². The van der Waals surface area contributed by atoms with Crippen molar-refractivity contribution in [3.8, 4) is 0 Å². The second-order valence-corrected chi connectivity index (χ2v) is 9.42. The molecule has 0 aromatic rings. The third-order valence-electron chi connectivity index (χ3n) is 6.44. The van der Waals surface area contributed by atoms with E-state index in [0.717, 1.165) is 25.7 Å². The van der Waals surface area contributed by atoms with Gasteiger partial charge in [-0.15, -0.1) is 0 Å². The van der Waals surface area contributed by atoms with Gasteiger partial charge in [0.1, 0.15) is 11.7 Å². The van der Waals surface area contributed by atoms with E-state index in [4.69, 9.17) is 0 Å². The predicted octanol–water partition coefficient (Wildman–Crippen LogP) is 5.76. The molecule has 112 valence electrons. The van der Waals surface area contributed by atoms with Crippen LogP contribution in [0.2, 0.25) is 0 Å². The van der Waals surface area contributed by atoms with Gasteiger partial charge in [-0.3, -0.25) is 0 Å². The molecule has 0 amide bonds. The number of hydrogen-bond acceptors (Lipinski definition) is 0. The summed E-state index contributed by atoms with van der Waals surface area (Å²) < 4.78 is 29.6.